The van der Waals surface area contributed by atoms with Crippen LogP contribution in [-0.4, -0.2) is 60.8 Å². The number of Topliss-reactive ketones (excluding diaryl/α,β-unsaturated/α-hetero) is 2. The lowest BCUT2D eigenvalue weighted by Crippen LogP contribution is -2.36. The number of rotatable bonds is 11. The summed E-state index contributed by atoms with van der Waals surface area (Å²) in [7, 11) is 1.56. The zero-order chi connectivity index (χ0) is 17.5. The molecule has 1 aliphatic rings. The molecule has 1 fully saturated rings. The molecule has 0 bridgehead atoms. The molecule has 0 spiro atoms. The lowest BCUT2D eigenvalue weighted by Gasteiger charge is -2.23. The summed E-state index contributed by atoms with van der Waals surface area (Å²) in [4.78, 5) is 47.8. The fraction of sp³-hybridized carbons (Fsp3) is 0.765. The Labute approximate surface area is 143 Å². The van der Waals surface area contributed by atoms with Crippen molar-refractivity contribution in [3.63, 3.8) is 0 Å². The molecule has 0 aromatic rings. The molecule has 0 N–H and O–H groups in total. The predicted octanol–water partition coefficient (Wildman–Crippen LogP) is 1.52. The molecule has 0 unspecified atom stereocenters. The van der Waals surface area contributed by atoms with E-state index >= 15 is 0 Å². The van der Waals surface area contributed by atoms with E-state index in [9.17, 15) is 19.2 Å². The van der Waals surface area contributed by atoms with Crippen LogP contribution in [0, 0.1) is 0 Å². The molecule has 0 aliphatic carbocycles. The van der Waals surface area contributed by atoms with Crippen LogP contribution < -0.4 is 0 Å². The van der Waals surface area contributed by atoms with Crippen molar-refractivity contribution in [1.29, 1.82) is 0 Å². The van der Waals surface area contributed by atoms with Crippen LogP contribution in [0.3, 0.4) is 0 Å². The Kier molecular flexibility index (Phi) is 9.62. The maximum atomic E-state index is 12.1. The van der Waals surface area contributed by atoms with Crippen molar-refractivity contribution in [2.75, 3.05) is 26.9 Å². The van der Waals surface area contributed by atoms with Gasteiger partial charge in [-0.3, -0.25) is 24.1 Å². The molecule has 0 radical (unpaired) electrons. The molecule has 138 valence electrons. The second-order valence-corrected chi connectivity index (χ2v) is 6.04. The van der Waals surface area contributed by atoms with Gasteiger partial charge in [0.2, 0.25) is 11.8 Å². The van der Waals surface area contributed by atoms with Crippen LogP contribution in [-0.2, 0) is 28.7 Å². The van der Waals surface area contributed by atoms with Crippen LogP contribution in [0.2, 0.25) is 0 Å². The van der Waals surface area contributed by atoms with Crippen LogP contribution in [0.25, 0.3) is 0 Å². The van der Waals surface area contributed by atoms with Crippen molar-refractivity contribution in [1.82, 2.24) is 4.90 Å². The standard InChI is InChI=1S/C16H25NO6.CH4/c1-16(2,23-10-9-22-3)13(19)6-4-5-12(18)11-17-14(20)7-8-15(17)21;/h4-11H2,1-3H3;1H4. The number of amides is 2. The van der Waals surface area contributed by atoms with E-state index in [2.05, 4.69) is 0 Å². The zero-order valence-electron chi connectivity index (χ0n) is 14.1. The highest BCUT2D eigenvalue weighted by molar-refractivity contribution is 6.04. The number of likely N-dealkylation sites (tertiary alicyclic amines) is 1. The van der Waals surface area contributed by atoms with Gasteiger partial charge in [0.05, 0.1) is 19.8 Å². The number of ether oxygens (including phenoxy) is 2. The quantitative estimate of drug-likeness (QED) is 0.417. The molecule has 7 heteroatoms. The molecular formula is C17H29NO6. The molecule has 1 aliphatic heterocycles. The van der Waals surface area contributed by atoms with Crippen molar-refractivity contribution in [2.24, 2.45) is 0 Å². The maximum Gasteiger partial charge on any atom is 0.230 e. The van der Waals surface area contributed by atoms with Gasteiger partial charge in [0.1, 0.15) is 5.60 Å². The van der Waals surface area contributed by atoms with E-state index in [0.29, 0.717) is 19.6 Å². The number of ketones is 2. The van der Waals surface area contributed by atoms with E-state index in [0.717, 1.165) is 4.90 Å². The predicted molar refractivity (Wildman–Crippen MR) is 88.5 cm³/mol. The number of carbonyl (C=O) groups excluding carboxylic acids is 4. The molecule has 0 aromatic heterocycles. The zero-order valence-corrected chi connectivity index (χ0v) is 14.1. The number of hydrogen-bond acceptors (Lipinski definition) is 6. The van der Waals surface area contributed by atoms with Gasteiger partial charge in [-0.2, -0.15) is 0 Å². The maximum absolute atomic E-state index is 12.1. The Morgan fingerprint density at radius 1 is 1.08 bits per heavy atom. The van der Waals surface area contributed by atoms with Crippen molar-refractivity contribution in [2.45, 2.75) is 59.0 Å². The third-order valence-corrected chi connectivity index (χ3v) is 3.77. The Morgan fingerprint density at radius 2 is 1.67 bits per heavy atom. The number of imide groups is 1. The first-order valence-electron chi connectivity index (χ1n) is 7.79. The molecule has 1 heterocycles. The van der Waals surface area contributed by atoms with Crippen LogP contribution in [0.1, 0.15) is 53.4 Å². The first-order valence-corrected chi connectivity index (χ1v) is 7.79. The number of carbonyl (C=O) groups is 4. The van der Waals surface area contributed by atoms with Crippen molar-refractivity contribution >= 4 is 23.4 Å². The summed E-state index contributed by atoms with van der Waals surface area (Å²) in [6.45, 7) is 3.93. The summed E-state index contributed by atoms with van der Waals surface area (Å²) in [6.07, 6.45) is 1.12. The highest BCUT2D eigenvalue weighted by Gasteiger charge is 2.31. The largest absolute Gasteiger partial charge is 0.382 e. The van der Waals surface area contributed by atoms with Crippen molar-refractivity contribution in [3.8, 4) is 0 Å². The molecule has 7 nitrogen and oxygen atoms in total. The summed E-state index contributed by atoms with van der Waals surface area (Å²) in [5.74, 6) is -0.895. The molecule has 0 atom stereocenters. The van der Waals surface area contributed by atoms with Gasteiger partial charge in [-0.1, -0.05) is 7.43 Å². The summed E-state index contributed by atoms with van der Waals surface area (Å²) >= 11 is 0. The van der Waals surface area contributed by atoms with Gasteiger partial charge in [-0.05, 0) is 20.3 Å². The van der Waals surface area contributed by atoms with Gasteiger partial charge in [0.25, 0.3) is 0 Å². The van der Waals surface area contributed by atoms with E-state index in [1.165, 1.54) is 0 Å². The highest BCUT2D eigenvalue weighted by atomic mass is 16.5. The Morgan fingerprint density at radius 3 is 2.21 bits per heavy atom. The summed E-state index contributed by atoms with van der Waals surface area (Å²) < 4.78 is 10.3. The first-order chi connectivity index (χ1) is 10.8. The van der Waals surface area contributed by atoms with Crippen LogP contribution >= 0.6 is 0 Å². The van der Waals surface area contributed by atoms with E-state index in [-0.39, 0.29) is 63.0 Å². The monoisotopic (exact) mass is 343 g/mol. The summed E-state index contributed by atoms with van der Waals surface area (Å²) in [5.41, 5.74) is -0.914. The van der Waals surface area contributed by atoms with Gasteiger partial charge in [0.15, 0.2) is 11.6 Å². The van der Waals surface area contributed by atoms with Gasteiger partial charge in [0, 0.05) is 32.8 Å². The Balaban J connectivity index is 0.00000529. The molecule has 24 heavy (non-hydrogen) atoms. The molecule has 2 amide bonds. The van der Waals surface area contributed by atoms with Crippen LogP contribution in [0.4, 0.5) is 0 Å². The van der Waals surface area contributed by atoms with Crippen LogP contribution in [0.5, 0.6) is 0 Å². The molecule has 0 saturated carbocycles. The number of methoxy groups -OCH3 is 1. The minimum Gasteiger partial charge on any atom is -0.382 e. The molecular weight excluding hydrogens is 314 g/mol. The van der Waals surface area contributed by atoms with E-state index in [1.807, 2.05) is 0 Å². The van der Waals surface area contributed by atoms with E-state index in [4.69, 9.17) is 9.47 Å². The number of nitrogens with zero attached hydrogens (tertiary/aromatic N) is 1. The van der Waals surface area contributed by atoms with Crippen molar-refractivity contribution < 1.29 is 28.7 Å². The highest BCUT2D eigenvalue weighted by Crippen LogP contribution is 2.16. The second kappa shape index (κ2) is 10.3. The smallest absolute Gasteiger partial charge is 0.230 e. The molecule has 1 saturated heterocycles. The normalized spacial score (nSPS) is 14.7. The van der Waals surface area contributed by atoms with Gasteiger partial charge in [-0.25, -0.2) is 0 Å². The average Bonchev–Trinajstić information content (AvgIpc) is 2.79. The molecule has 0 aromatic carbocycles. The first kappa shape index (κ1) is 22.4. The fourth-order valence-corrected chi connectivity index (χ4v) is 2.26. The second-order valence-electron chi connectivity index (χ2n) is 6.04. The lowest BCUT2D eigenvalue weighted by atomic mass is 9.98. The lowest BCUT2D eigenvalue weighted by molar-refractivity contribution is -0.143. The summed E-state index contributed by atoms with van der Waals surface area (Å²) in [6, 6.07) is 0. The van der Waals surface area contributed by atoms with Crippen molar-refractivity contribution in [3.05, 3.63) is 0 Å². The third kappa shape index (κ3) is 6.88. The van der Waals surface area contributed by atoms with E-state index < -0.39 is 5.60 Å². The Bertz CT molecular complexity index is 456. The fourth-order valence-electron chi connectivity index (χ4n) is 2.26. The Hall–Kier alpha value is -1.60. The van der Waals surface area contributed by atoms with Gasteiger partial charge >= 0.3 is 0 Å². The SMILES string of the molecule is C.COCCOC(C)(C)C(=O)CCCC(=O)CN1C(=O)CCC1=O. The van der Waals surface area contributed by atoms with Gasteiger partial charge in [-0.15, -0.1) is 0 Å². The van der Waals surface area contributed by atoms with E-state index in [1.54, 1.807) is 21.0 Å². The van der Waals surface area contributed by atoms with Gasteiger partial charge < -0.3 is 9.47 Å². The summed E-state index contributed by atoms with van der Waals surface area (Å²) in [5, 5.41) is 0. The van der Waals surface area contributed by atoms with Crippen LogP contribution in [0.15, 0.2) is 0 Å². The minimum absolute atomic E-state index is 0. The minimum atomic E-state index is -0.914. The third-order valence-electron chi connectivity index (χ3n) is 3.77. The topological polar surface area (TPSA) is 90.0 Å². The average molecular weight is 343 g/mol. The molecule has 1 rings (SSSR count). The number of hydrogen-bond donors (Lipinski definition) is 0.